The average Bonchev–Trinajstić information content (AvgIpc) is 2.42. The zero-order chi connectivity index (χ0) is 15.1. The number of nitrogens with one attached hydrogen (secondary N) is 1. The monoisotopic (exact) mass is 282 g/mol. The lowest BCUT2D eigenvalue weighted by Gasteiger charge is -2.08. The van der Waals surface area contributed by atoms with Crippen molar-refractivity contribution in [2.24, 2.45) is 0 Å². The molecular weight excluding hydrogens is 264 g/mol. The van der Waals surface area contributed by atoms with Crippen LogP contribution in [0.1, 0.15) is 30.1 Å². The van der Waals surface area contributed by atoms with Gasteiger partial charge in [0.15, 0.2) is 5.75 Å². The maximum absolute atomic E-state index is 11.8. The molecule has 0 bridgehead atoms. The predicted molar refractivity (Wildman–Crippen MR) is 72.9 cm³/mol. The highest BCUT2D eigenvalue weighted by atomic mass is 16.6. The van der Waals surface area contributed by atoms with Gasteiger partial charge < -0.3 is 15.2 Å². The van der Waals surface area contributed by atoms with E-state index in [1.165, 1.54) is 25.3 Å². The Labute approximate surface area is 116 Å². The Morgan fingerprint density at radius 1 is 1.55 bits per heavy atom. The van der Waals surface area contributed by atoms with Crippen molar-refractivity contribution in [1.82, 2.24) is 5.32 Å². The highest BCUT2D eigenvalue weighted by molar-refractivity contribution is 5.95. The van der Waals surface area contributed by atoms with E-state index in [-0.39, 0.29) is 17.3 Å². The van der Waals surface area contributed by atoms with E-state index < -0.39 is 11.0 Å². The van der Waals surface area contributed by atoms with Crippen LogP contribution in [0.5, 0.6) is 5.75 Å². The molecule has 0 aliphatic heterocycles. The van der Waals surface area contributed by atoms with Crippen molar-refractivity contribution in [1.29, 1.82) is 0 Å². The lowest BCUT2D eigenvalue weighted by Crippen LogP contribution is -2.25. The highest BCUT2D eigenvalue weighted by Gasteiger charge is 2.17. The Morgan fingerprint density at radius 2 is 2.25 bits per heavy atom. The van der Waals surface area contributed by atoms with Gasteiger partial charge in [-0.05, 0) is 25.8 Å². The van der Waals surface area contributed by atoms with Crippen molar-refractivity contribution in [2.75, 3.05) is 13.7 Å². The van der Waals surface area contributed by atoms with Crippen LogP contribution in [0.25, 0.3) is 0 Å². The number of carbonyl (C=O) groups is 1. The number of ether oxygens (including phenoxy) is 1. The number of nitrogens with zero attached hydrogens (tertiary/aromatic N) is 1. The molecule has 7 nitrogen and oxygen atoms in total. The largest absolute Gasteiger partial charge is 0.490 e. The molecule has 110 valence electrons. The number of carbonyl (C=O) groups excluding carboxylic acids is 1. The summed E-state index contributed by atoms with van der Waals surface area (Å²) in [6, 6.07) is 3.95. The van der Waals surface area contributed by atoms with E-state index in [1.54, 1.807) is 6.92 Å². The summed E-state index contributed by atoms with van der Waals surface area (Å²) < 4.78 is 4.90. The second-order valence-corrected chi connectivity index (χ2v) is 4.39. The highest BCUT2D eigenvalue weighted by Crippen LogP contribution is 2.27. The van der Waals surface area contributed by atoms with Gasteiger partial charge in [-0.3, -0.25) is 14.9 Å². The van der Waals surface area contributed by atoms with Crippen LogP contribution in [0.3, 0.4) is 0 Å². The van der Waals surface area contributed by atoms with E-state index in [4.69, 9.17) is 9.84 Å². The van der Waals surface area contributed by atoms with Crippen LogP contribution in [-0.2, 0) is 0 Å². The van der Waals surface area contributed by atoms with Gasteiger partial charge in [-0.1, -0.05) is 0 Å². The molecule has 1 rings (SSSR count). The van der Waals surface area contributed by atoms with Gasteiger partial charge in [-0.15, -0.1) is 0 Å². The number of methoxy groups -OCH3 is 1. The number of aliphatic hydroxyl groups excluding tert-OH is 1. The van der Waals surface area contributed by atoms with Crippen molar-refractivity contribution in [3.05, 3.63) is 33.9 Å². The summed E-state index contributed by atoms with van der Waals surface area (Å²) >= 11 is 0. The lowest BCUT2D eigenvalue weighted by atomic mass is 10.1. The van der Waals surface area contributed by atoms with Gasteiger partial charge in [0.25, 0.3) is 5.91 Å². The van der Waals surface area contributed by atoms with Crippen LogP contribution < -0.4 is 10.1 Å². The Kier molecular flexibility index (Phi) is 5.92. The summed E-state index contributed by atoms with van der Waals surface area (Å²) in [5.41, 5.74) is 0.114. The number of amides is 1. The first kappa shape index (κ1) is 15.9. The number of nitro groups is 1. The summed E-state index contributed by atoms with van der Waals surface area (Å²) in [6.07, 6.45) is 0.864. The van der Waals surface area contributed by atoms with Crippen LogP contribution in [0, 0.1) is 10.1 Å². The molecule has 0 spiro atoms. The number of hydrogen-bond donors (Lipinski definition) is 2. The minimum Gasteiger partial charge on any atom is -0.490 e. The molecule has 1 amide bonds. The molecule has 0 aromatic heterocycles. The topological polar surface area (TPSA) is 102 Å². The molecule has 0 saturated carbocycles. The molecule has 2 N–H and O–H groups in total. The SMILES string of the molecule is COc1cc(C(=O)NCCCC(C)O)ccc1[N+](=O)[O-]. The summed E-state index contributed by atoms with van der Waals surface area (Å²) in [7, 11) is 1.31. The van der Waals surface area contributed by atoms with Crippen molar-refractivity contribution >= 4 is 11.6 Å². The smallest absolute Gasteiger partial charge is 0.310 e. The second kappa shape index (κ2) is 7.44. The quantitative estimate of drug-likeness (QED) is 0.448. The van der Waals surface area contributed by atoms with Gasteiger partial charge in [0, 0.05) is 24.2 Å². The van der Waals surface area contributed by atoms with Crippen LogP contribution in [0.2, 0.25) is 0 Å². The molecule has 0 aliphatic rings. The Bertz CT molecular complexity index is 488. The molecule has 0 saturated heterocycles. The minimum atomic E-state index is -0.566. The lowest BCUT2D eigenvalue weighted by molar-refractivity contribution is -0.385. The van der Waals surface area contributed by atoms with E-state index in [2.05, 4.69) is 5.32 Å². The standard InChI is InChI=1S/C13H18N2O5/c1-9(16)4-3-7-14-13(17)10-5-6-11(15(18)19)12(8-10)20-2/h5-6,8-9,16H,3-4,7H2,1-2H3,(H,14,17). The third kappa shape index (κ3) is 4.51. The van der Waals surface area contributed by atoms with E-state index in [0.717, 1.165) is 0 Å². The molecule has 1 aromatic carbocycles. The molecule has 20 heavy (non-hydrogen) atoms. The first-order chi connectivity index (χ1) is 9.45. The molecule has 0 radical (unpaired) electrons. The van der Waals surface area contributed by atoms with Gasteiger partial charge in [0.2, 0.25) is 0 Å². The van der Waals surface area contributed by atoms with E-state index in [0.29, 0.717) is 24.9 Å². The van der Waals surface area contributed by atoms with Crippen LogP contribution in [-0.4, -0.2) is 35.7 Å². The first-order valence-corrected chi connectivity index (χ1v) is 6.24. The number of aliphatic hydroxyl groups is 1. The summed E-state index contributed by atoms with van der Waals surface area (Å²) in [4.78, 5) is 22.0. The van der Waals surface area contributed by atoms with Crippen molar-refractivity contribution in [3.63, 3.8) is 0 Å². The normalized spacial score (nSPS) is 11.8. The molecule has 1 atom stereocenters. The molecule has 0 aliphatic carbocycles. The van der Waals surface area contributed by atoms with Crippen LogP contribution in [0.15, 0.2) is 18.2 Å². The summed E-state index contributed by atoms with van der Waals surface area (Å²) in [5, 5.41) is 22.5. The number of rotatable bonds is 7. The number of hydrogen-bond acceptors (Lipinski definition) is 5. The average molecular weight is 282 g/mol. The van der Waals surface area contributed by atoms with Gasteiger partial charge in [0.1, 0.15) is 0 Å². The number of nitro benzene ring substituents is 1. The van der Waals surface area contributed by atoms with Gasteiger partial charge in [-0.2, -0.15) is 0 Å². The second-order valence-electron chi connectivity index (χ2n) is 4.39. The fourth-order valence-corrected chi connectivity index (χ4v) is 1.67. The predicted octanol–water partition coefficient (Wildman–Crippen LogP) is 1.49. The Morgan fingerprint density at radius 3 is 2.80 bits per heavy atom. The third-order valence-corrected chi connectivity index (χ3v) is 2.72. The van der Waals surface area contributed by atoms with Gasteiger partial charge >= 0.3 is 5.69 Å². The maximum atomic E-state index is 11.8. The van der Waals surface area contributed by atoms with E-state index in [1.807, 2.05) is 0 Å². The zero-order valence-electron chi connectivity index (χ0n) is 11.5. The molecular formula is C13H18N2O5. The van der Waals surface area contributed by atoms with Crippen LogP contribution in [0.4, 0.5) is 5.69 Å². The fraction of sp³-hybridized carbons (Fsp3) is 0.462. The number of benzene rings is 1. The van der Waals surface area contributed by atoms with Crippen LogP contribution >= 0.6 is 0 Å². The van der Waals surface area contributed by atoms with Crippen molar-refractivity contribution in [2.45, 2.75) is 25.9 Å². The van der Waals surface area contributed by atoms with Gasteiger partial charge in [0.05, 0.1) is 18.1 Å². The molecule has 0 heterocycles. The third-order valence-electron chi connectivity index (χ3n) is 2.72. The Hall–Kier alpha value is -2.15. The van der Waals surface area contributed by atoms with E-state index in [9.17, 15) is 14.9 Å². The Balaban J connectivity index is 2.67. The molecule has 7 heteroatoms. The van der Waals surface area contributed by atoms with Crippen molar-refractivity contribution in [3.8, 4) is 5.75 Å². The maximum Gasteiger partial charge on any atom is 0.310 e. The zero-order valence-corrected chi connectivity index (χ0v) is 11.5. The van der Waals surface area contributed by atoms with Gasteiger partial charge in [-0.25, -0.2) is 0 Å². The molecule has 1 aromatic rings. The minimum absolute atomic E-state index is 0.0478. The molecule has 1 unspecified atom stereocenters. The molecule has 0 fully saturated rings. The summed E-state index contributed by atoms with van der Waals surface area (Å²) in [5.74, 6) is -0.282. The van der Waals surface area contributed by atoms with Crippen molar-refractivity contribution < 1.29 is 19.6 Å². The summed E-state index contributed by atoms with van der Waals surface area (Å²) in [6.45, 7) is 2.12. The van der Waals surface area contributed by atoms with E-state index >= 15 is 0 Å². The fourth-order valence-electron chi connectivity index (χ4n) is 1.67. The first-order valence-electron chi connectivity index (χ1n) is 6.24.